The molecular formula is C10H17N3O4. The Morgan fingerprint density at radius 2 is 2.18 bits per heavy atom. The zero-order chi connectivity index (χ0) is 12.8. The van der Waals surface area contributed by atoms with Crippen molar-refractivity contribution in [1.82, 2.24) is 10.2 Å². The van der Waals surface area contributed by atoms with Crippen LogP contribution in [-0.4, -0.2) is 47.0 Å². The van der Waals surface area contributed by atoms with Gasteiger partial charge in [0.05, 0.1) is 0 Å². The number of urea groups is 1. The molecule has 0 aliphatic carbocycles. The molecule has 0 spiro atoms. The topological polar surface area (TPSA) is 113 Å². The first-order chi connectivity index (χ1) is 8.06. The summed E-state index contributed by atoms with van der Waals surface area (Å²) >= 11 is 0. The number of unbranched alkanes of at least 4 members (excludes halogenated alkanes) is 1. The minimum absolute atomic E-state index is 0.270. The van der Waals surface area contributed by atoms with Gasteiger partial charge in [-0.3, -0.25) is 9.69 Å². The van der Waals surface area contributed by atoms with Crippen molar-refractivity contribution in [2.45, 2.75) is 31.7 Å². The van der Waals surface area contributed by atoms with Gasteiger partial charge in [0, 0.05) is 13.0 Å². The van der Waals surface area contributed by atoms with Gasteiger partial charge in [-0.15, -0.1) is 0 Å². The number of β-lactam (4-membered cyclic amide) rings is 1. The average molecular weight is 243 g/mol. The minimum Gasteiger partial charge on any atom is -0.480 e. The highest BCUT2D eigenvalue weighted by atomic mass is 16.4. The number of likely N-dealkylation sites (tertiary alicyclic amines) is 1. The Bertz CT molecular complexity index is 319. The van der Waals surface area contributed by atoms with Crippen LogP contribution in [0.2, 0.25) is 0 Å². The number of carboxylic acids is 1. The van der Waals surface area contributed by atoms with Crippen molar-refractivity contribution in [3.05, 3.63) is 0 Å². The lowest BCUT2D eigenvalue weighted by Crippen LogP contribution is -2.55. The van der Waals surface area contributed by atoms with Gasteiger partial charge in [0.1, 0.15) is 6.04 Å². The van der Waals surface area contributed by atoms with E-state index >= 15 is 0 Å². The number of carbonyl (C=O) groups is 3. The Morgan fingerprint density at radius 1 is 1.47 bits per heavy atom. The van der Waals surface area contributed by atoms with Crippen LogP contribution in [0.1, 0.15) is 25.7 Å². The van der Waals surface area contributed by atoms with Crippen molar-refractivity contribution >= 4 is 17.9 Å². The zero-order valence-corrected chi connectivity index (χ0v) is 9.52. The van der Waals surface area contributed by atoms with Crippen LogP contribution in [0.3, 0.4) is 0 Å². The summed E-state index contributed by atoms with van der Waals surface area (Å²) in [4.78, 5) is 34.4. The Morgan fingerprint density at radius 3 is 2.59 bits per heavy atom. The predicted molar refractivity (Wildman–Crippen MR) is 59.2 cm³/mol. The number of carbonyl (C=O) groups excluding carboxylic acids is 2. The van der Waals surface area contributed by atoms with E-state index in [-0.39, 0.29) is 5.91 Å². The van der Waals surface area contributed by atoms with Gasteiger partial charge in [-0.1, -0.05) is 0 Å². The summed E-state index contributed by atoms with van der Waals surface area (Å²) in [6.45, 7) is 0.852. The van der Waals surface area contributed by atoms with Crippen LogP contribution in [0.15, 0.2) is 0 Å². The second-order valence-corrected chi connectivity index (χ2v) is 3.92. The van der Waals surface area contributed by atoms with E-state index in [0.717, 1.165) is 4.90 Å². The Balaban J connectivity index is 2.40. The molecule has 0 aromatic rings. The third-order valence-electron chi connectivity index (χ3n) is 2.64. The molecule has 0 aromatic carbocycles. The molecule has 7 heteroatoms. The molecule has 4 N–H and O–H groups in total. The summed E-state index contributed by atoms with van der Waals surface area (Å²) < 4.78 is 0. The molecule has 3 amide bonds. The number of nitrogens with two attached hydrogens (primary N) is 1. The minimum atomic E-state index is -1.09. The Hall–Kier alpha value is -1.63. The number of carboxylic acid groups (broad SMARTS) is 1. The van der Waals surface area contributed by atoms with Gasteiger partial charge in [-0.25, -0.2) is 9.59 Å². The molecule has 1 atom stereocenters. The largest absolute Gasteiger partial charge is 0.480 e. The fourth-order valence-electron chi connectivity index (χ4n) is 1.51. The first kappa shape index (κ1) is 13.4. The summed E-state index contributed by atoms with van der Waals surface area (Å²) in [7, 11) is 0. The molecule has 0 bridgehead atoms. The average Bonchev–Trinajstić information content (AvgIpc) is 2.25. The lowest BCUT2D eigenvalue weighted by Gasteiger charge is -2.29. The van der Waals surface area contributed by atoms with E-state index in [1.165, 1.54) is 0 Å². The maximum Gasteiger partial charge on any atom is 0.326 e. The number of hydrogen-bond donors (Lipinski definition) is 3. The van der Waals surface area contributed by atoms with Crippen LogP contribution in [0, 0.1) is 0 Å². The lowest BCUT2D eigenvalue weighted by molar-refractivity contribution is -0.140. The fourth-order valence-corrected chi connectivity index (χ4v) is 1.51. The van der Waals surface area contributed by atoms with E-state index in [1.807, 2.05) is 0 Å². The van der Waals surface area contributed by atoms with E-state index in [4.69, 9.17) is 10.8 Å². The Kier molecular flexibility index (Phi) is 4.89. The van der Waals surface area contributed by atoms with E-state index < -0.39 is 18.0 Å². The molecule has 0 unspecified atom stereocenters. The number of aliphatic carboxylic acids is 1. The first-order valence-electron chi connectivity index (χ1n) is 5.60. The summed E-state index contributed by atoms with van der Waals surface area (Å²) in [6, 6.07) is -1.58. The van der Waals surface area contributed by atoms with Crippen LogP contribution < -0.4 is 11.1 Å². The molecule has 1 fully saturated rings. The van der Waals surface area contributed by atoms with Gasteiger partial charge in [0.15, 0.2) is 0 Å². The van der Waals surface area contributed by atoms with Gasteiger partial charge >= 0.3 is 12.0 Å². The summed E-state index contributed by atoms with van der Waals surface area (Å²) in [5, 5.41) is 11.2. The van der Waals surface area contributed by atoms with Crippen molar-refractivity contribution in [2.75, 3.05) is 13.1 Å². The molecule has 1 aliphatic heterocycles. The maximum absolute atomic E-state index is 11.5. The van der Waals surface area contributed by atoms with Crippen LogP contribution in [0.4, 0.5) is 4.79 Å². The van der Waals surface area contributed by atoms with Gasteiger partial charge < -0.3 is 16.2 Å². The second kappa shape index (κ2) is 6.19. The Labute approximate surface area is 98.9 Å². The smallest absolute Gasteiger partial charge is 0.326 e. The SMILES string of the molecule is NCCCC[C@H](NC(=O)N1CCC1=O)C(=O)O. The number of nitrogens with one attached hydrogen (secondary N) is 1. The molecule has 1 heterocycles. The third kappa shape index (κ3) is 3.70. The summed E-state index contributed by atoms with van der Waals surface area (Å²) in [5.41, 5.74) is 5.30. The van der Waals surface area contributed by atoms with Crippen LogP contribution in [-0.2, 0) is 9.59 Å². The number of nitrogens with zero attached hydrogens (tertiary/aromatic N) is 1. The van der Waals surface area contributed by atoms with Gasteiger partial charge in [-0.2, -0.15) is 0 Å². The molecule has 96 valence electrons. The van der Waals surface area contributed by atoms with E-state index in [0.29, 0.717) is 38.8 Å². The van der Waals surface area contributed by atoms with E-state index in [9.17, 15) is 14.4 Å². The molecular weight excluding hydrogens is 226 g/mol. The van der Waals surface area contributed by atoms with Crippen LogP contribution in [0.5, 0.6) is 0 Å². The molecule has 1 rings (SSSR count). The fraction of sp³-hybridized carbons (Fsp3) is 0.700. The van der Waals surface area contributed by atoms with Gasteiger partial charge in [0.2, 0.25) is 5.91 Å². The number of hydrogen-bond acceptors (Lipinski definition) is 4. The summed E-state index contributed by atoms with van der Waals surface area (Å²) in [6.07, 6.45) is 2.00. The van der Waals surface area contributed by atoms with Crippen LogP contribution >= 0.6 is 0 Å². The van der Waals surface area contributed by atoms with Gasteiger partial charge in [-0.05, 0) is 25.8 Å². The van der Waals surface area contributed by atoms with Crippen molar-refractivity contribution in [1.29, 1.82) is 0 Å². The van der Waals surface area contributed by atoms with Crippen molar-refractivity contribution < 1.29 is 19.5 Å². The molecule has 0 aromatic heterocycles. The molecule has 0 radical (unpaired) electrons. The molecule has 0 saturated carbocycles. The van der Waals surface area contributed by atoms with E-state index in [2.05, 4.69) is 5.32 Å². The third-order valence-corrected chi connectivity index (χ3v) is 2.64. The number of rotatable bonds is 6. The molecule has 7 nitrogen and oxygen atoms in total. The maximum atomic E-state index is 11.5. The lowest BCUT2D eigenvalue weighted by atomic mass is 10.1. The van der Waals surface area contributed by atoms with Crippen molar-refractivity contribution in [2.24, 2.45) is 5.73 Å². The summed E-state index contributed by atoms with van der Waals surface area (Å²) in [5.74, 6) is -1.36. The first-order valence-corrected chi connectivity index (χ1v) is 5.60. The quantitative estimate of drug-likeness (QED) is 0.430. The molecule has 1 aliphatic rings. The monoisotopic (exact) mass is 243 g/mol. The van der Waals surface area contributed by atoms with Gasteiger partial charge in [0.25, 0.3) is 0 Å². The molecule has 1 saturated heterocycles. The van der Waals surface area contributed by atoms with Crippen molar-refractivity contribution in [3.8, 4) is 0 Å². The predicted octanol–water partition coefficient (Wildman–Crippen LogP) is -0.489. The highest BCUT2D eigenvalue weighted by molar-refractivity contribution is 5.99. The highest BCUT2D eigenvalue weighted by Gasteiger charge is 2.32. The zero-order valence-electron chi connectivity index (χ0n) is 9.52. The van der Waals surface area contributed by atoms with E-state index in [1.54, 1.807) is 0 Å². The standard InChI is InChI=1S/C10H17N3O4/c11-5-2-1-3-7(9(15)16)12-10(17)13-6-4-8(13)14/h7H,1-6,11H2,(H,12,17)(H,15,16)/t7-/m0/s1. The number of imide groups is 1. The molecule has 17 heavy (non-hydrogen) atoms. The highest BCUT2D eigenvalue weighted by Crippen LogP contribution is 2.09. The normalized spacial score (nSPS) is 16.3. The second-order valence-electron chi connectivity index (χ2n) is 3.92. The van der Waals surface area contributed by atoms with Crippen LogP contribution in [0.25, 0.3) is 0 Å². The number of amides is 3. The van der Waals surface area contributed by atoms with Crippen molar-refractivity contribution in [3.63, 3.8) is 0 Å².